The van der Waals surface area contributed by atoms with Crippen LogP contribution in [0.4, 0.5) is 11.4 Å². The minimum atomic E-state index is 0.00363. The molecule has 0 bridgehead atoms. The zero-order valence-electron chi connectivity index (χ0n) is 18.0. The van der Waals surface area contributed by atoms with Gasteiger partial charge < -0.3 is 14.7 Å². The van der Waals surface area contributed by atoms with Crippen molar-refractivity contribution in [2.75, 3.05) is 42.2 Å². The Hall–Kier alpha value is -1.66. The van der Waals surface area contributed by atoms with Gasteiger partial charge in [-0.3, -0.25) is 4.79 Å². The summed E-state index contributed by atoms with van der Waals surface area (Å²) >= 11 is 13.9. The maximum atomic E-state index is 13.3. The number of carbonyl (C=O) groups is 1. The summed E-state index contributed by atoms with van der Waals surface area (Å²) < 4.78 is 0. The molecule has 0 aromatic heterocycles. The monoisotopic (exact) mass is 475 g/mol. The smallest absolute Gasteiger partial charge is 0.264 e. The molecular weight excluding hydrogens is 449 g/mol. The minimum Gasteiger partial charge on any atom is -0.363 e. The molecule has 2 aliphatic heterocycles. The highest BCUT2D eigenvalue weighted by Gasteiger charge is 2.30. The van der Waals surface area contributed by atoms with Crippen LogP contribution < -0.4 is 9.80 Å². The highest BCUT2D eigenvalue weighted by Crippen LogP contribution is 2.35. The Balaban J connectivity index is 1.66. The van der Waals surface area contributed by atoms with Crippen molar-refractivity contribution in [1.29, 1.82) is 0 Å². The lowest BCUT2D eigenvalue weighted by Crippen LogP contribution is -2.55. The van der Waals surface area contributed by atoms with Crippen molar-refractivity contribution in [2.45, 2.75) is 25.9 Å². The van der Waals surface area contributed by atoms with Gasteiger partial charge in [-0.2, -0.15) is 0 Å². The Kier molecular flexibility index (Phi) is 6.87. The lowest BCUT2D eigenvalue weighted by Gasteiger charge is -2.45. The third-order valence-electron chi connectivity index (χ3n) is 5.85. The lowest BCUT2D eigenvalue weighted by molar-refractivity contribution is -0.114. The molecule has 0 spiro atoms. The van der Waals surface area contributed by atoms with Crippen LogP contribution in [-0.2, 0) is 4.79 Å². The van der Waals surface area contributed by atoms with Crippen LogP contribution in [0.15, 0.2) is 47.4 Å². The Morgan fingerprint density at radius 1 is 1.03 bits per heavy atom. The van der Waals surface area contributed by atoms with Crippen molar-refractivity contribution in [3.05, 3.63) is 63.0 Å². The van der Waals surface area contributed by atoms with Crippen molar-refractivity contribution < 1.29 is 4.79 Å². The molecule has 2 atom stereocenters. The lowest BCUT2D eigenvalue weighted by atomic mass is 10.0. The van der Waals surface area contributed by atoms with Crippen molar-refractivity contribution in [3.63, 3.8) is 0 Å². The second kappa shape index (κ2) is 9.45. The molecule has 2 fully saturated rings. The molecule has 7 heteroatoms. The van der Waals surface area contributed by atoms with Gasteiger partial charge in [-0.1, -0.05) is 41.4 Å². The van der Waals surface area contributed by atoms with E-state index in [1.54, 1.807) is 28.8 Å². The number of hydrogen-bond donors (Lipinski definition) is 0. The van der Waals surface area contributed by atoms with Gasteiger partial charge in [0.1, 0.15) is 0 Å². The van der Waals surface area contributed by atoms with Gasteiger partial charge in [0.2, 0.25) is 0 Å². The molecule has 0 aliphatic carbocycles. The molecule has 2 heterocycles. The maximum absolute atomic E-state index is 13.3. The first-order chi connectivity index (χ1) is 14.8. The molecule has 31 heavy (non-hydrogen) atoms. The number of thioether (sulfide) groups is 1. The zero-order valence-corrected chi connectivity index (χ0v) is 20.3. The first-order valence-corrected chi connectivity index (χ1v) is 12.3. The summed E-state index contributed by atoms with van der Waals surface area (Å²) in [6.45, 7) is 7.22. The SMILES string of the molecule is CC1CN(C)CC(C)N1c1ccccc1/C=C1\SCCN(c2ccc(Cl)c(Cl)c2)C1=O. The molecule has 4 nitrogen and oxygen atoms in total. The molecular formula is C24H27Cl2N3OS. The van der Waals surface area contributed by atoms with Crippen LogP contribution in [0.1, 0.15) is 19.4 Å². The third kappa shape index (κ3) is 4.75. The topological polar surface area (TPSA) is 26.8 Å². The van der Waals surface area contributed by atoms with E-state index in [2.05, 4.69) is 48.9 Å². The van der Waals surface area contributed by atoms with Gasteiger partial charge in [-0.25, -0.2) is 0 Å². The van der Waals surface area contributed by atoms with Crippen LogP contribution in [0.3, 0.4) is 0 Å². The number of rotatable bonds is 3. The number of anilines is 2. The van der Waals surface area contributed by atoms with E-state index in [-0.39, 0.29) is 5.91 Å². The Labute approximate surface area is 198 Å². The van der Waals surface area contributed by atoms with E-state index in [4.69, 9.17) is 23.2 Å². The Bertz CT molecular complexity index is 1000. The van der Waals surface area contributed by atoms with Crippen molar-refractivity contribution in [1.82, 2.24) is 4.90 Å². The zero-order chi connectivity index (χ0) is 22.1. The molecule has 0 radical (unpaired) electrons. The molecule has 1 amide bonds. The van der Waals surface area contributed by atoms with Gasteiger partial charge in [-0.15, -0.1) is 11.8 Å². The summed E-state index contributed by atoms with van der Waals surface area (Å²) in [6.07, 6.45) is 2.05. The third-order valence-corrected chi connectivity index (χ3v) is 7.58. The number of halogens is 2. The Morgan fingerprint density at radius 2 is 1.74 bits per heavy atom. The number of benzene rings is 2. The van der Waals surface area contributed by atoms with E-state index >= 15 is 0 Å². The van der Waals surface area contributed by atoms with E-state index < -0.39 is 0 Å². The van der Waals surface area contributed by atoms with Crippen LogP contribution in [-0.4, -0.2) is 55.3 Å². The Morgan fingerprint density at radius 3 is 2.45 bits per heavy atom. The number of amides is 1. The number of piperazine rings is 1. The number of nitrogens with zero attached hydrogens (tertiary/aromatic N) is 3. The number of likely N-dealkylation sites (N-methyl/N-ethyl adjacent to an activating group) is 1. The molecule has 2 saturated heterocycles. The standard InChI is InChI=1S/C24H27Cl2N3OS/c1-16-14-27(3)15-17(2)29(16)22-7-5-4-6-18(22)12-23-24(30)28(10-11-31-23)19-8-9-20(25)21(26)13-19/h4-9,12-13,16-17H,10-11,14-15H2,1-3H3/b23-12-. The summed E-state index contributed by atoms with van der Waals surface area (Å²) in [5, 5.41) is 0.948. The number of carbonyl (C=O) groups excluding carboxylic acids is 1. The largest absolute Gasteiger partial charge is 0.363 e. The normalized spacial score (nSPS) is 24.2. The van der Waals surface area contributed by atoms with Gasteiger partial charge in [0, 0.05) is 48.8 Å². The summed E-state index contributed by atoms with van der Waals surface area (Å²) in [6, 6.07) is 14.5. The summed E-state index contributed by atoms with van der Waals surface area (Å²) in [7, 11) is 2.17. The van der Waals surface area contributed by atoms with Gasteiger partial charge in [0.25, 0.3) is 5.91 Å². The predicted octanol–water partition coefficient (Wildman–Crippen LogP) is 5.64. The fourth-order valence-corrected chi connectivity index (χ4v) is 5.82. The van der Waals surface area contributed by atoms with Crippen LogP contribution in [0.25, 0.3) is 6.08 Å². The van der Waals surface area contributed by atoms with Gasteiger partial charge >= 0.3 is 0 Å². The van der Waals surface area contributed by atoms with E-state index in [1.807, 2.05) is 18.2 Å². The first kappa shape index (κ1) is 22.5. The average Bonchev–Trinajstić information content (AvgIpc) is 2.72. The fraction of sp³-hybridized carbons (Fsp3) is 0.375. The van der Waals surface area contributed by atoms with E-state index in [0.717, 1.165) is 35.0 Å². The van der Waals surface area contributed by atoms with Gasteiger partial charge in [0.15, 0.2) is 0 Å². The van der Waals surface area contributed by atoms with Crippen molar-refractivity contribution in [2.24, 2.45) is 0 Å². The quantitative estimate of drug-likeness (QED) is 0.536. The molecule has 2 aliphatic rings. The van der Waals surface area contributed by atoms with Crippen LogP contribution in [0.5, 0.6) is 0 Å². The van der Waals surface area contributed by atoms with Crippen LogP contribution >= 0.6 is 35.0 Å². The van der Waals surface area contributed by atoms with Gasteiger partial charge in [0.05, 0.1) is 15.0 Å². The molecule has 0 N–H and O–H groups in total. The average molecular weight is 476 g/mol. The van der Waals surface area contributed by atoms with Crippen LogP contribution in [0, 0.1) is 0 Å². The maximum Gasteiger partial charge on any atom is 0.264 e. The highest BCUT2D eigenvalue weighted by molar-refractivity contribution is 8.04. The van der Waals surface area contributed by atoms with Crippen LogP contribution in [0.2, 0.25) is 10.0 Å². The second-order valence-electron chi connectivity index (χ2n) is 8.30. The number of para-hydroxylation sites is 1. The van der Waals surface area contributed by atoms with Crippen molar-refractivity contribution in [3.8, 4) is 0 Å². The molecule has 164 valence electrons. The molecule has 2 aromatic carbocycles. The van der Waals surface area contributed by atoms with E-state index in [9.17, 15) is 4.79 Å². The predicted molar refractivity (Wildman–Crippen MR) is 135 cm³/mol. The molecule has 4 rings (SSSR count). The summed E-state index contributed by atoms with van der Waals surface area (Å²) in [4.78, 5) is 20.7. The molecule has 0 saturated carbocycles. The van der Waals surface area contributed by atoms with E-state index in [1.165, 1.54) is 5.69 Å². The van der Waals surface area contributed by atoms with Crippen molar-refractivity contribution >= 4 is 58.3 Å². The van der Waals surface area contributed by atoms with Gasteiger partial charge in [-0.05, 0) is 56.8 Å². The molecule has 2 unspecified atom stereocenters. The summed E-state index contributed by atoms with van der Waals surface area (Å²) in [5.41, 5.74) is 3.04. The minimum absolute atomic E-state index is 0.00363. The number of hydrogen-bond acceptors (Lipinski definition) is 4. The molecule has 2 aromatic rings. The first-order valence-electron chi connectivity index (χ1n) is 10.5. The highest BCUT2D eigenvalue weighted by atomic mass is 35.5. The summed E-state index contributed by atoms with van der Waals surface area (Å²) in [5.74, 6) is 0.838. The van der Waals surface area contributed by atoms with E-state index in [0.29, 0.717) is 28.7 Å². The second-order valence-corrected chi connectivity index (χ2v) is 10.2. The fourth-order valence-electron chi connectivity index (χ4n) is 4.59.